The fourth-order valence-electron chi connectivity index (χ4n) is 1.32. The number of amides is 1. The molecule has 0 radical (unpaired) electrons. The molecular formula is C12H15BrN2OS. The molecule has 1 aromatic carbocycles. The van der Waals surface area contributed by atoms with E-state index in [4.69, 9.17) is 18.0 Å². The van der Waals surface area contributed by atoms with Crippen molar-refractivity contribution in [2.75, 3.05) is 6.54 Å². The lowest BCUT2D eigenvalue weighted by molar-refractivity contribution is 0.0951. The summed E-state index contributed by atoms with van der Waals surface area (Å²) in [7, 11) is 0. The second-order valence-electron chi connectivity index (χ2n) is 4.03. The summed E-state index contributed by atoms with van der Waals surface area (Å²) < 4.78 is 0.894. The molecule has 0 bridgehead atoms. The number of nitrogens with one attached hydrogen (secondary N) is 1. The van der Waals surface area contributed by atoms with Gasteiger partial charge in [-0.15, -0.1) is 0 Å². The predicted molar refractivity (Wildman–Crippen MR) is 77.2 cm³/mol. The molecule has 3 nitrogen and oxygen atoms in total. The van der Waals surface area contributed by atoms with E-state index in [9.17, 15) is 4.79 Å². The van der Waals surface area contributed by atoms with Crippen LogP contribution in [0.1, 0.15) is 22.8 Å². The zero-order valence-corrected chi connectivity index (χ0v) is 12.2. The molecule has 17 heavy (non-hydrogen) atoms. The number of halogens is 1. The molecule has 1 rings (SSSR count). The fourth-order valence-corrected chi connectivity index (χ4v) is 2.01. The molecule has 0 aliphatic heterocycles. The first-order chi connectivity index (χ1) is 7.90. The van der Waals surface area contributed by atoms with Crippen molar-refractivity contribution in [1.82, 2.24) is 5.32 Å². The van der Waals surface area contributed by atoms with Crippen molar-refractivity contribution in [1.29, 1.82) is 0 Å². The van der Waals surface area contributed by atoms with Crippen LogP contribution >= 0.6 is 28.1 Å². The van der Waals surface area contributed by atoms with Crippen molar-refractivity contribution in [3.05, 3.63) is 33.8 Å². The molecule has 0 saturated carbocycles. The van der Waals surface area contributed by atoms with Gasteiger partial charge in [0.1, 0.15) is 0 Å². The lowest BCUT2D eigenvalue weighted by Gasteiger charge is -2.11. The lowest BCUT2D eigenvalue weighted by Crippen LogP contribution is -2.33. The number of carbonyl (C=O) groups excluding carboxylic acids is 1. The maximum absolute atomic E-state index is 11.9. The molecule has 1 atom stereocenters. The molecule has 0 heterocycles. The van der Waals surface area contributed by atoms with E-state index in [1.807, 2.05) is 26.0 Å². The average molecular weight is 315 g/mol. The van der Waals surface area contributed by atoms with Gasteiger partial charge >= 0.3 is 0 Å². The van der Waals surface area contributed by atoms with Crippen molar-refractivity contribution in [3.63, 3.8) is 0 Å². The van der Waals surface area contributed by atoms with Crippen molar-refractivity contribution >= 4 is 39.0 Å². The van der Waals surface area contributed by atoms with Crippen LogP contribution in [-0.2, 0) is 0 Å². The third-order valence-corrected chi connectivity index (χ3v) is 3.22. The molecule has 1 amide bonds. The average Bonchev–Trinajstić information content (AvgIpc) is 2.23. The molecule has 5 heteroatoms. The summed E-state index contributed by atoms with van der Waals surface area (Å²) in [6.07, 6.45) is 0. The zero-order valence-electron chi connectivity index (χ0n) is 9.79. The smallest absolute Gasteiger partial charge is 0.251 e. The zero-order chi connectivity index (χ0) is 13.0. The van der Waals surface area contributed by atoms with Gasteiger partial charge in [-0.1, -0.05) is 35.1 Å². The molecule has 0 spiro atoms. The Hall–Kier alpha value is -0.940. The largest absolute Gasteiger partial charge is 0.393 e. The normalized spacial score (nSPS) is 11.9. The maximum Gasteiger partial charge on any atom is 0.251 e. The van der Waals surface area contributed by atoms with Gasteiger partial charge in [0.15, 0.2) is 0 Å². The van der Waals surface area contributed by atoms with Crippen LogP contribution in [0.15, 0.2) is 22.7 Å². The molecule has 1 unspecified atom stereocenters. The van der Waals surface area contributed by atoms with Gasteiger partial charge in [-0.25, -0.2) is 0 Å². The van der Waals surface area contributed by atoms with Crippen LogP contribution < -0.4 is 11.1 Å². The molecule has 3 N–H and O–H groups in total. The molecular weight excluding hydrogens is 300 g/mol. The highest BCUT2D eigenvalue weighted by Gasteiger charge is 2.10. The topological polar surface area (TPSA) is 55.1 Å². The first-order valence-electron chi connectivity index (χ1n) is 5.25. The van der Waals surface area contributed by atoms with Gasteiger partial charge in [-0.2, -0.15) is 0 Å². The number of nitrogens with two attached hydrogens (primary N) is 1. The monoisotopic (exact) mass is 314 g/mol. The Morgan fingerprint density at radius 2 is 2.18 bits per heavy atom. The van der Waals surface area contributed by atoms with Crippen LogP contribution in [-0.4, -0.2) is 17.4 Å². The van der Waals surface area contributed by atoms with E-state index in [-0.39, 0.29) is 11.8 Å². The SMILES string of the molecule is Cc1cc(Br)cc(C(=O)NCC(C)C(N)=S)c1. The van der Waals surface area contributed by atoms with Crippen molar-refractivity contribution in [2.45, 2.75) is 13.8 Å². The number of aryl methyl sites for hydroxylation is 1. The second-order valence-corrected chi connectivity index (χ2v) is 5.42. The maximum atomic E-state index is 11.9. The van der Waals surface area contributed by atoms with Crippen molar-refractivity contribution in [3.8, 4) is 0 Å². The van der Waals surface area contributed by atoms with Crippen LogP contribution in [0.4, 0.5) is 0 Å². The number of hydrogen-bond donors (Lipinski definition) is 2. The van der Waals surface area contributed by atoms with E-state index in [2.05, 4.69) is 21.2 Å². The highest BCUT2D eigenvalue weighted by atomic mass is 79.9. The quantitative estimate of drug-likeness (QED) is 0.839. The minimum Gasteiger partial charge on any atom is -0.393 e. The third kappa shape index (κ3) is 4.44. The minimum absolute atomic E-state index is 0.00204. The summed E-state index contributed by atoms with van der Waals surface area (Å²) in [5.74, 6) is -0.111. The molecule has 92 valence electrons. The number of hydrogen-bond acceptors (Lipinski definition) is 2. The van der Waals surface area contributed by atoms with Crippen molar-refractivity contribution < 1.29 is 4.79 Å². The Morgan fingerprint density at radius 3 is 2.71 bits per heavy atom. The summed E-state index contributed by atoms with van der Waals surface area (Å²) in [6, 6.07) is 5.58. The predicted octanol–water partition coefficient (Wildman–Crippen LogP) is 2.41. The van der Waals surface area contributed by atoms with Gasteiger partial charge in [0, 0.05) is 22.5 Å². The number of carbonyl (C=O) groups is 1. The van der Waals surface area contributed by atoms with E-state index in [1.165, 1.54) is 0 Å². The minimum atomic E-state index is -0.113. The van der Waals surface area contributed by atoms with E-state index in [0.717, 1.165) is 10.0 Å². The Labute approximate surface area is 115 Å². The molecule has 1 aromatic rings. The van der Waals surface area contributed by atoms with Gasteiger partial charge in [0.2, 0.25) is 0 Å². The lowest BCUT2D eigenvalue weighted by atomic mass is 10.1. The Morgan fingerprint density at radius 1 is 1.53 bits per heavy atom. The molecule has 0 aromatic heterocycles. The number of rotatable bonds is 4. The summed E-state index contributed by atoms with van der Waals surface area (Å²) in [5.41, 5.74) is 7.15. The van der Waals surface area contributed by atoms with Crippen LogP contribution in [0, 0.1) is 12.8 Å². The van der Waals surface area contributed by atoms with Crippen LogP contribution in [0.25, 0.3) is 0 Å². The highest BCUT2D eigenvalue weighted by molar-refractivity contribution is 9.10. The van der Waals surface area contributed by atoms with Crippen LogP contribution in [0.3, 0.4) is 0 Å². The second kappa shape index (κ2) is 6.12. The fraction of sp³-hybridized carbons (Fsp3) is 0.333. The van der Waals surface area contributed by atoms with Gasteiger partial charge in [-0.05, 0) is 30.7 Å². The van der Waals surface area contributed by atoms with Gasteiger partial charge < -0.3 is 11.1 Å². The Bertz CT molecular complexity index is 428. The van der Waals surface area contributed by atoms with Crippen LogP contribution in [0.2, 0.25) is 0 Å². The summed E-state index contributed by atoms with van der Waals surface area (Å²) >= 11 is 8.21. The first kappa shape index (κ1) is 14.1. The Balaban J connectivity index is 2.67. The highest BCUT2D eigenvalue weighted by Crippen LogP contribution is 2.15. The first-order valence-corrected chi connectivity index (χ1v) is 6.45. The van der Waals surface area contributed by atoms with Gasteiger partial charge in [-0.3, -0.25) is 4.79 Å². The molecule has 0 aliphatic rings. The Kier molecular flexibility index (Phi) is 5.08. The summed E-state index contributed by atoms with van der Waals surface area (Å²) in [5, 5.41) is 2.81. The molecule has 0 fully saturated rings. The van der Waals surface area contributed by atoms with Crippen LogP contribution in [0.5, 0.6) is 0 Å². The van der Waals surface area contributed by atoms with E-state index in [1.54, 1.807) is 6.07 Å². The van der Waals surface area contributed by atoms with E-state index in [0.29, 0.717) is 17.1 Å². The standard InChI is InChI=1S/C12H15BrN2OS/c1-7-3-9(5-10(13)4-7)12(16)15-6-8(2)11(14)17/h3-5,8H,6H2,1-2H3,(H2,14,17)(H,15,16). The summed E-state index contributed by atoms with van der Waals surface area (Å²) in [6.45, 7) is 4.29. The molecule has 0 aliphatic carbocycles. The molecule has 0 saturated heterocycles. The van der Waals surface area contributed by atoms with Gasteiger partial charge in [0.05, 0.1) is 4.99 Å². The van der Waals surface area contributed by atoms with Crippen molar-refractivity contribution in [2.24, 2.45) is 11.7 Å². The van der Waals surface area contributed by atoms with E-state index < -0.39 is 0 Å². The van der Waals surface area contributed by atoms with Gasteiger partial charge in [0.25, 0.3) is 5.91 Å². The summed E-state index contributed by atoms with van der Waals surface area (Å²) in [4.78, 5) is 12.3. The third-order valence-electron chi connectivity index (χ3n) is 2.36. The number of benzene rings is 1. The van der Waals surface area contributed by atoms with E-state index >= 15 is 0 Å². The number of thiocarbonyl (C=S) groups is 1.